The fraction of sp³-hybridized carbons (Fsp3) is 0.100. The summed E-state index contributed by atoms with van der Waals surface area (Å²) in [5, 5.41) is 12.7. The van der Waals surface area contributed by atoms with Gasteiger partial charge in [0.1, 0.15) is 5.70 Å². The summed E-state index contributed by atoms with van der Waals surface area (Å²) >= 11 is 15.0. The number of hydrogen-bond acceptors (Lipinski definition) is 5. The molecule has 1 unspecified atom stereocenters. The van der Waals surface area contributed by atoms with Gasteiger partial charge in [0.15, 0.2) is 0 Å². The molecule has 3 N–H and O–H groups in total. The van der Waals surface area contributed by atoms with E-state index in [1.54, 1.807) is 66.7 Å². The van der Waals surface area contributed by atoms with E-state index in [1.807, 2.05) is 35.9 Å². The van der Waals surface area contributed by atoms with Crippen LogP contribution < -0.4 is 16.0 Å². The highest BCUT2D eigenvalue weighted by molar-refractivity contribution is 8.00. The van der Waals surface area contributed by atoms with Gasteiger partial charge in [0.05, 0.1) is 5.25 Å². The molecule has 0 aliphatic heterocycles. The molecule has 0 saturated carbocycles. The maximum atomic E-state index is 13.3. The largest absolute Gasteiger partial charge is 0.325 e. The van der Waals surface area contributed by atoms with Crippen molar-refractivity contribution < 1.29 is 14.4 Å². The lowest BCUT2D eigenvalue weighted by molar-refractivity contribution is -0.116. The minimum atomic E-state index is -0.472. The van der Waals surface area contributed by atoms with Crippen LogP contribution in [0.1, 0.15) is 29.3 Å². The van der Waals surface area contributed by atoms with Gasteiger partial charge in [0, 0.05) is 31.9 Å². The number of carbonyl (C=O) groups excluding carboxylic acids is 3. The van der Waals surface area contributed by atoms with Crippen LogP contribution in [-0.4, -0.2) is 23.0 Å². The lowest BCUT2D eigenvalue weighted by atomic mass is 10.2. The van der Waals surface area contributed by atoms with Gasteiger partial charge in [-0.25, -0.2) is 0 Å². The quantitative estimate of drug-likeness (QED) is 0.126. The molecule has 0 bridgehead atoms. The highest BCUT2D eigenvalue weighted by Gasteiger charge is 2.20. The average molecular weight is 611 g/mol. The molecule has 1 aromatic heterocycles. The summed E-state index contributed by atoms with van der Waals surface area (Å²) in [6.45, 7) is 1.92. The smallest absolute Gasteiger partial charge is 0.272 e. The Kier molecular flexibility index (Phi) is 10.4. The van der Waals surface area contributed by atoms with E-state index in [0.29, 0.717) is 33.4 Å². The Balaban J connectivity index is 1.47. The van der Waals surface area contributed by atoms with Crippen molar-refractivity contribution in [1.82, 2.24) is 5.32 Å². The van der Waals surface area contributed by atoms with Gasteiger partial charge in [-0.3, -0.25) is 14.4 Å². The zero-order valence-corrected chi connectivity index (χ0v) is 24.5. The van der Waals surface area contributed by atoms with Crippen molar-refractivity contribution in [2.24, 2.45) is 0 Å². The molecule has 1 heterocycles. The number of anilines is 2. The number of nitrogens with one attached hydrogen (secondary N) is 3. The van der Waals surface area contributed by atoms with Crippen LogP contribution in [0.15, 0.2) is 100 Å². The minimum Gasteiger partial charge on any atom is -0.325 e. The van der Waals surface area contributed by atoms with Crippen molar-refractivity contribution in [2.75, 3.05) is 10.6 Å². The second-order valence-corrected chi connectivity index (χ2v) is 11.5. The Labute approximate surface area is 250 Å². The Morgan fingerprint density at radius 3 is 2.33 bits per heavy atom. The second kappa shape index (κ2) is 14.2. The SMILES string of the molecule is CCC(Sc1cccc(NC(=O)/C(=C/c2ccsc2)NC(=O)c2ccccc2)c1)C(=O)Nc1cc(Cl)cc(Cl)c1. The molecule has 40 heavy (non-hydrogen) atoms. The number of rotatable bonds is 10. The average Bonchev–Trinajstić information content (AvgIpc) is 3.44. The van der Waals surface area contributed by atoms with E-state index in [4.69, 9.17) is 23.2 Å². The fourth-order valence-corrected chi connectivity index (χ4v) is 5.80. The van der Waals surface area contributed by atoms with Gasteiger partial charge in [0.2, 0.25) is 5.91 Å². The van der Waals surface area contributed by atoms with Gasteiger partial charge in [-0.2, -0.15) is 11.3 Å². The van der Waals surface area contributed by atoms with Crippen LogP contribution >= 0.6 is 46.3 Å². The van der Waals surface area contributed by atoms with Crippen LogP contribution in [0.3, 0.4) is 0 Å². The molecule has 3 aromatic carbocycles. The lowest BCUT2D eigenvalue weighted by Gasteiger charge is -2.16. The predicted octanol–water partition coefficient (Wildman–Crippen LogP) is 7.97. The third kappa shape index (κ3) is 8.47. The standard InChI is InChI=1S/C30H25Cl2N3O3S2/c1-2-27(30(38)34-24-15-21(31)14-22(32)16-24)40-25-10-6-9-23(17-25)33-29(37)26(13-19-11-12-39-18-19)35-28(36)20-7-4-3-5-8-20/h3-18,27H,2H2,1H3,(H,33,37)(H,34,38)(H,35,36)/b26-13-. The van der Waals surface area contributed by atoms with E-state index in [9.17, 15) is 14.4 Å². The van der Waals surface area contributed by atoms with Crippen molar-refractivity contribution in [2.45, 2.75) is 23.5 Å². The molecule has 3 amide bonds. The van der Waals surface area contributed by atoms with E-state index >= 15 is 0 Å². The number of halogens is 2. The van der Waals surface area contributed by atoms with Crippen molar-refractivity contribution in [1.29, 1.82) is 0 Å². The first-order chi connectivity index (χ1) is 19.3. The van der Waals surface area contributed by atoms with Gasteiger partial charge < -0.3 is 16.0 Å². The number of thiophene rings is 1. The molecule has 4 aromatic rings. The van der Waals surface area contributed by atoms with E-state index in [0.717, 1.165) is 10.5 Å². The molecule has 0 aliphatic rings. The van der Waals surface area contributed by atoms with Gasteiger partial charge >= 0.3 is 0 Å². The highest BCUT2D eigenvalue weighted by atomic mass is 35.5. The first kappa shape index (κ1) is 29.4. The van der Waals surface area contributed by atoms with E-state index < -0.39 is 11.2 Å². The fourth-order valence-electron chi connectivity index (χ4n) is 3.65. The summed E-state index contributed by atoms with van der Waals surface area (Å²) in [6, 6.07) is 22.6. The molecule has 1 atom stereocenters. The normalized spacial score (nSPS) is 11.9. The summed E-state index contributed by atoms with van der Waals surface area (Å²) in [4.78, 5) is 39.8. The first-order valence-electron chi connectivity index (χ1n) is 12.3. The Bertz CT molecular complexity index is 1510. The van der Waals surface area contributed by atoms with Crippen LogP contribution in [0, 0.1) is 0 Å². The maximum Gasteiger partial charge on any atom is 0.272 e. The first-order valence-corrected chi connectivity index (χ1v) is 14.8. The second-order valence-electron chi connectivity index (χ2n) is 8.58. The summed E-state index contributed by atoms with van der Waals surface area (Å²) < 4.78 is 0. The predicted molar refractivity (Wildman–Crippen MR) is 166 cm³/mol. The zero-order chi connectivity index (χ0) is 28.5. The molecule has 0 saturated heterocycles. The minimum absolute atomic E-state index is 0.108. The molecule has 0 aliphatic carbocycles. The highest BCUT2D eigenvalue weighted by Crippen LogP contribution is 2.30. The molecule has 10 heteroatoms. The molecule has 204 valence electrons. The van der Waals surface area contributed by atoms with E-state index in [2.05, 4.69) is 16.0 Å². The van der Waals surface area contributed by atoms with Crippen LogP contribution in [-0.2, 0) is 9.59 Å². The van der Waals surface area contributed by atoms with Crippen molar-refractivity contribution >= 4 is 81.5 Å². The van der Waals surface area contributed by atoms with Crippen molar-refractivity contribution in [3.8, 4) is 0 Å². The molecule has 0 spiro atoms. The molecular formula is C30H25Cl2N3O3S2. The number of hydrogen-bond donors (Lipinski definition) is 3. The number of benzene rings is 3. The summed E-state index contributed by atoms with van der Waals surface area (Å²) in [6.07, 6.45) is 2.20. The molecule has 0 radical (unpaired) electrons. The molecule has 6 nitrogen and oxygen atoms in total. The van der Waals surface area contributed by atoms with Gasteiger partial charge in [-0.15, -0.1) is 11.8 Å². The number of amides is 3. The number of thioether (sulfide) groups is 1. The third-order valence-corrected chi connectivity index (χ3v) is 8.04. The third-order valence-electron chi connectivity index (χ3n) is 5.55. The van der Waals surface area contributed by atoms with Crippen LogP contribution in [0.4, 0.5) is 11.4 Å². The van der Waals surface area contributed by atoms with Crippen LogP contribution in [0.25, 0.3) is 6.08 Å². The van der Waals surface area contributed by atoms with Crippen molar-refractivity contribution in [3.05, 3.63) is 116 Å². The van der Waals surface area contributed by atoms with Gasteiger partial charge in [-0.05, 0) is 83.4 Å². The van der Waals surface area contributed by atoms with Gasteiger partial charge in [0.25, 0.3) is 11.8 Å². The van der Waals surface area contributed by atoms with E-state index in [1.165, 1.54) is 23.1 Å². The molecule has 0 fully saturated rings. The summed E-state index contributed by atoms with van der Waals surface area (Å²) in [5.74, 6) is -1.05. The Hall–Kier alpha value is -3.56. The Morgan fingerprint density at radius 2 is 1.65 bits per heavy atom. The Morgan fingerprint density at radius 1 is 0.900 bits per heavy atom. The summed E-state index contributed by atoms with van der Waals surface area (Å²) in [5.41, 5.74) is 2.39. The summed E-state index contributed by atoms with van der Waals surface area (Å²) in [7, 11) is 0. The lowest BCUT2D eigenvalue weighted by Crippen LogP contribution is -2.30. The topological polar surface area (TPSA) is 87.3 Å². The number of carbonyl (C=O) groups is 3. The van der Waals surface area contributed by atoms with Crippen molar-refractivity contribution in [3.63, 3.8) is 0 Å². The maximum absolute atomic E-state index is 13.3. The molecular weight excluding hydrogens is 585 g/mol. The van der Waals surface area contributed by atoms with E-state index in [-0.39, 0.29) is 17.5 Å². The monoisotopic (exact) mass is 609 g/mol. The zero-order valence-electron chi connectivity index (χ0n) is 21.3. The molecule has 4 rings (SSSR count). The van der Waals surface area contributed by atoms with Gasteiger partial charge in [-0.1, -0.05) is 54.4 Å². The van der Waals surface area contributed by atoms with Crippen LogP contribution in [0.2, 0.25) is 10.0 Å². The van der Waals surface area contributed by atoms with Crippen LogP contribution in [0.5, 0.6) is 0 Å².